The summed E-state index contributed by atoms with van der Waals surface area (Å²) in [6.07, 6.45) is 2.07. The fourth-order valence-corrected chi connectivity index (χ4v) is 6.12. The maximum Gasteiger partial charge on any atom is 0.319 e. The third kappa shape index (κ3) is 12.0. The lowest BCUT2D eigenvalue weighted by molar-refractivity contribution is -0.133. The molecular formula is C38H54N6O7. The highest BCUT2D eigenvalue weighted by atomic mass is 16.6. The molecule has 2 aromatic carbocycles. The summed E-state index contributed by atoms with van der Waals surface area (Å²) in [4.78, 5) is 68.6. The first-order valence-corrected chi connectivity index (χ1v) is 17.9. The number of carbonyl (C=O) groups is 5. The Labute approximate surface area is 301 Å². The Morgan fingerprint density at radius 3 is 1.96 bits per heavy atom. The number of nitrogens with zero attached hydrogens (tertiary/aromatic N) is 1. The normalized spacial score (nSPS) is 19.0. The zero-order chi connectivity index (χ0) is 37.1. The fourth-order valence-electron chi connectivity index (χ4n) is 6.12. The van der Waals surface area contributed by atoms with E-state index in [1.165, 1.54) is 0 Å². The maximum atomic E-state index is 13.9. The number of ketones is 1. The number of carbonyl (C=O) groups excluding carboxylic acids is 5. The van der Waals surface area contributed by atoms with Crippen LogP contribution in [0, 0.1) is 11.8 Å². The van der Waals surface area contributed by atoms with Gasteiger partial charge in [0.1, 0.15) is 23.4 Å². The van der Waals surface area contributed by atoms with E-state index in [4.69, 9.17) is 9.47 Å². The van der Waals surface area contributed by atoms with Gasteiger partial charge in [-0.2, -0.15) is 0 Å². The van der Waals surface area contributed by atoms with Crippen molar-refractivity contribution in [1.29, 1.82) is 0 Å². The highest BCUT2D eigenvalue weighted by molar-refractivity contribution is 5.98. The van der Waals surface area contributed by atoms with E-state index in [0.717, 1.165) is 5.56 Å². The van der Waals surface area contributed by atoms with E-state index in [-0.39, 0.29) is 42.1 Å². The van der Waals surface area contributed by atoms with Gasteiger partial charge in [0.15, 0.2) is 5.78 Å². The van der Waals surface area contributed by atoms with E-state index in [1.807, 2.05) is 58.0 Å². The van der Waals surface area contributed by atoms with Crippen LogP contribution in [0.15, 0.2) is 54.6 Å². The van der Waals surface area contributed by atoms with Gasteiger partial charge in [-0.15, -0.1) is 0 Å². The quantitative estimate of drug-likeness (QED) is 0.164. The number of likely N-dealkylation sites (tertiary alicyclic amines) is 1. The fraction of sp³-hybridized carbons (Fsp3) is 0.553. The van der Waals surface area contributed by atoms with Crippen molar-refractivity contribution in [2.24, 2.45) is 11.8 Å². The second kappa shape index (κ2) is 18.0. The summed E-state index contributed by atoms with van der Waals surface area (Å²) < 4.78 is 10.5. The number of rotatable bonds is 16. The van der Waals surface area contributed by atoms with Gasteiger partial charge in [0.25, 0.3) is 0 Å². The van der Waals surface area contributed by atoms with E-state index in [9.17, 15) is 24.0 Å². The smallest absolute Gasteiger partial charge is 0.319 e. The van der Waals surface area contributed by atoms with Crippen molar-refractivity contribution in [1.82, 2.24) is 26.2 Å². The van der Waals surface area contributed by atoms with E-state index in [2.05, 4.69) is 26.6 Å². The van der Waals surface area contributed by atoms with E-state index >= 15 is 0 Å². The van der Waals surface area contributed by atoms with Gasteiger partial charge in [0, 0.05) is 31.2 Å². The van der Waals surface area contributed by atoms with Gasteiger partial charge in [0.2, 0.25) is 11.8 Å². The van der Waals surface area contributed by atoms with Crippen LogP contribution in [0.5, 0.6) is 5.75 Å². The highest BCUT2D eigenvalue weighted by Crippen LogP contribution is 2.29. The van der Waals surface area contributed by atoms with Crippen LogP contribution in [0.3, 0.4) is 0 Å². The average Bonchev–Trinajstić information content (AvgIpc) is 3.85. The van der Waals surface area contributed by atoms with Crippen molar-refractivity contribution in [3.63, 3.8) is 0 Å². The minimum absolute atomic E-state index is 0.0638. The number of nitrogens with one attached hydrogen (secondary N) is 5. The molecule has 0 bridgehead atoms. The molecule has 0 radical (unpaired) electrons. The van der Waals surface area contributed by atoms with Gasteiger partial charge in [-0.3, -0.25) is 14.4 Å². The van der Waals surface area contributed by atoms with Gasteiger partial charge in [0.05, 0.1) is 19.8 Å². The standard InChI is InChI=1S/C38H54N6O7/c1-24(2)20-30(33(45)38(5)23-51-38)41-35(47)32(22-26-10-8-7-9-11-26)42-34(46)31(21-25(3)4)43-37(49)44-18-16-28(17-19-44)40-36(48)39-27-12-14-29(50-6)15-13-27/h7-15,24-25,28,30-32H,16-23H2,1-6H3,(H,41,47)(H,42,46)(H,43,49)(H2,39,40,48)/t30-,31-,32-,38+/m0/s1. The Morgan fingerprint density at radius 1 is 0.824 bits per heavy atom. The summed E-state index contributed by atoms with van der Waals surface area (Å²) in [5.41, 5.74) is 0.557. The lowest BCUT2D eigenvalue weighted by atomic mass is 9.93. The molecule has 13 nitrogen and oxygen atoms in total. The van der Waals surface area contributed by atoms with E-state index in [1.54, 1.807) is 43.2 Å². The van der Waals surface area contributed by atoms with E-state index < -0.39 is 35.5 Å². The van der Waals surface area contributed by atoms with Crippen LogP contribution in [-0.2, 0) is 25.5 Å². The molecule has 4 rings (SSSR count). The van der Waals surface area contributed by atoms with Gasteiger partial charge in [-0.05, 0) is 74.3 Å². The summed E-state index contributed by atoms with van der Waals surface area (Å²) in [7, 11) is 1.58. The highest BCUT2D eigenvalue weighted by Gasteiger charge is 2.50. The number of piperidine rings is 1. The van der Waals surface area contributed by atoms with Crippen LogP contribution < -0.4 is 31.3 Å². The van der Waals surface area contributed by atoms with Gasteiger partial charge in [-0.1, -0.05) is 58.0 Å². The predicted molar refractivity (Wildman–Crippen MR) is 194 cm³/mol. The van der Waals surface area contributed by atoms with Crippen molar-refractivity contribution < 1.29 is 33.4 Å². The molecule has 0 unspecified atom stereocenters. The minimum Gasteiger partial charge on any atom is -0.497 e. The van der Waals surface area contributed by atoms with Crippen LogP contribution in [0.25, 0.3) is 0 Å². The zero-order valence-electron chi connectivity index (χ0n) is 30.6. The Hall–Kier alpha value is -4.65. The van der Waals surface area contributed by atoms with Crippen molar-refractivity contribution in [2.45, 2.75) is 96.5 Å². The second-order valence-electron chi connectivity index (χ2n) is 14.5. The predicted octanol–water partition coefficient (Wildman–Crippen LogP) is 4.02. The first-order chi connectivity index (χ1) is 24.3. The summed E-state index contributed by atoms with van der Waals surface area (Å²) >= 11 is 0. The minimum atomic E-state index is -0.993. The van der Waals surface area contributed by atoms with Crippen LogP contribution >= 0.6 is 0 Å². The molecule has 0 aliphatic carbocycles. The number of hydrogen-bond acceptors (Lipinski definition) is 7. The number of amides is 6. The Morgan fingerprint density at radius 2 is 1.39 bits per heavy atom. The molecule has 0 spiro atoms. The topological polar surface area (TPSA) is 170 Å². The van der Waals surface area contributed by atoms with Crippen LogP contribution in [-0.4, -0.2) is 91.1 Å². The number of urea groups is 2. The molecule has 2 heterocycles. The van der Waals surface area contributed by atoms with E-state index in [0.29, 0.717) is 56.8 Å². The molecule has 278 valence electrons. The summed E-state index contributed by atoms with van der Waals surface area (Å²) in [5, 5.41) is 14.5. The molecule has 2 fully saturated rings. The molecule has 5 N–H and O–H groups in total. The lowest BCUT2D eigenvalue weighted by Crippen LogP contribution is -2.59. The SMILES string of the molecule is COc1ccc(NC(=O)NC2CCN(C(=O)N[C@@H](CC(C)C)C(=O)N[C@@H](Cc3ccccc3)C(=O)N[C@@H](CC(C)C)C(=O)[C@@]3(C)CO3)CC2)cc1. The molecule has 6 amide bonds. The summed E-state index contributed by atoms with van der Waals surface area (Å²) in [6.45, 7) is 10.7. The van der Waals surface area contributed by atoms with Crippen LogP contribution in [0.2, 0.25) is 0 Å². The first-order valence-electron chi connectivity index (χ1n) is 17.9. The monoisotopic (exact) mass is 706 g/mol. The average molecular weight is 707 g/mol. The summed E-state index contributed by atoms with van der Waals surface area (Å²) in [6, 6.07) is 12.8. The van der Waals surface area contributed by atoms with Crippen LogP contribution in [0.4, 0.5) is 15.3 Å². The summed E-state index contributed by atoms with van der Waals surface area (Å²) in [5.74, 6) is -0.258. The molecule has 4 atom stereocenters. The molecule has 2 aliphatic rings. The molecule has 2 aromatic rings. The Bertz CT molecular complexity index is 1490. The molecule has 13 heteroatoms. The Kier molecular flexibility index (Phi) is 13.8. The molecule has 2 aliphatic heterocycles. The molecule has 0 aromatic heterocycles. The molecule has 51 heavy (non-hydrogen) atoms. The maximum absolute atomic E-state index is 13.9. The zero-order valence-corrected chi connectivity index (χ0v) is 30.6. The third-order valence-electron chi connectivity index (χ3n) is 9.14. The van der Waals surface area contributed by atoms with Gasteiger partial charge in [-0.25, -0.2) is 9.59 Å². The lowest BCUT2D eigenvalue weighted by Gasteiger charge is -2.34. The van der Waals surface area contributed by atoms with Gasteiger partial charge < -0.3 is 41.0 Å². The number of anilines is 1. The Balaban J connectivity index is 1.37. The molecule has 0 saturated carbocycles. The molecule has 2 saturated heterocycles. The number of methoxy groups -OCH3 is 1. The van der Waals surface area contributed by atoms with Crippen molar-refractivity contribution in [3.8, 4) is 5.75 Å². The van der Waals surface area contributed by atoms with Crippen molar-refractivity contribution >= 4 is 35.3 Å². The number of ether oxygens (including phenoxy) is 2. The second-order valence-corrected chi connectivity index (χ2v) is 14.5. The van der Waals surface area contributed by atoms with Crippen LogP contribution in [0.1, 0.15) is 65.9 Å². The number of Topliss-reactive ketones (excluding diaryl/α,β-unsaturated/α-hetero) is 1. The van der Waals surface area contributed by atoms with Crippen molar-refractivity contribution in [2.75, 3.05) is 32.1 Å². The number of hydrogen-bond donors (Lipinski definition) is 5. The first kappa shape index (κ1) is 39.1. The number of benzene rings is 2. The number of epoxide rings is 1. The molecular weight excluding hydrogens is 652 g/mol. The largest absolute Gasteiger partial charge is 0.497 e. The van der Waals surface area contributed by atoms with Gasteiger partial charge >= 0.3 is 12.1 Å². The van der Waals surface area contributed by atoms with Crippen molar-refractivity contribution in [3.05, 3.63) is 60.2 Å². The third-order valence-corrected chi connectivity index (χ3v) is 9.14.